The lowest BCUT2D eigenvalue weighted by molar-refractivity contribution is 0.595. The molecule has 0 fully saturated rings. The van der Waals surface area contributed by atoms with Gasteiger partial charge in [0.1, 0.15) is 0 Å². The largest absolute Gasteiger partial charge is 0.262 e. The minimum absolute atomic E-state index is 0.635. The summed E-state index contributed by atoms with van der Waals surface area (Å²) < 4.78 is 0. The summed E-state index contributed by atoms with van der Waals surface area (Å²) in [5, 5.41) is 6.10. The van der Waals surface area contributed by atoms with Crippen LogP contribution in [-0.4, -0.2) is 9.97 Å². The lowest BCUT2D eigenvalue weighted by atomic mass is 9.80. The third kappa shape index (κ3) is 3.42. The Kier molecular flexibility index (Phi) is 5.09. The number of benzene rings is 3. The maximum atomic E-state index is 6.63. The molecule has 1 aliphatic carbocycles. The number of nitrogens with zero attached hydrogens (tertiary/aromatic N) is 2. The number of hydrogen-bond donors (Lipinski definition) is 0. The van der Waals surface area contributed by atoms with E-state index in [0.717, 1.165) is 5.02 Å². The normalized spacial score (nSPS) is 15.9. The van der Waals surface area contributed by atoms with E-state index in [0.29, 0.717) is 5.92 Å². The van der Waals surface area contributed by atoms with Crippen molar-refractivity contribution in [3.8, 4) is 0 Å². The lowest BCUT2D eigenvalue weighted by Crippen LogP contribution is -2.07. The Morgan fingerprint density at radius 3 is 2.37 bits per heavy atom. The van der Waals surface area contributed by atoms with Crippen LogP contribution in [0.3, 0.4) is 0 Å². The molecule has 0 bridgehead atoms. The van der Waals surface area contributed by atoms with Crippen molar-refractivity contribution in [2.24, 2.45) is 0 Å². The summed E-state index contributed by atoms with van der Waals surface area (Å²) in [7, 11) is 0. The Labute approximate surface area is 165 Å². The molecule has 1 atom stereocenters. The average Bonchev–Trinajstić information content (AvgIpc) is 2.70. The highest BCUT2D eigenvalue weighted by Crippen LogP contribution is 2.41. The summed E-state index contributed by atoms with van der Waals surface area (Å²) in [6.07, 6.45) is 10.4. The summed E-state index contributed by atoms with van der Waals surface area (Å²) in [5.74, 6) is 0.635. The number of aryl methyl sites for hydroxylation is 2. The Morgan fingerprint density at radius 1 is 0.926 bits per heavy atom. The van der Waals surface area contributed by atoms with E-state index >= 15 is 0 Å². The van der Waals surface area contributed by atoms with Crippen LogP contribution in [-0.2, 0) is 6.42 Å². The molecule has 1 aliphatic rings. The number of hydrogen-bond acceptors (Lipinski definition) is 2. The van der Waals surface area contributed by atoms with E-state index in [2.05, 4.69) is 60.2 Å². The molecule has 0 saturated carbocycles. The number of fused-ring (bicyclic) bond motifs is 5. The van der Waals surface area contributed by atoms with E-state index in [1.54, 1.807) is 24.8 Å². The van der Waals surface area contributed by atoms with Gasteiger partial charge in [0.15, 0.2) is 0 Å². The molecule has 2 nitrogen and oxygen atoms in total. The second kappa shape index (κ2) is 7.66. The maximum Gasteiger partial charge on any atom is 0.0493 e. The molecule has 0 saturated heterocycles. The van der Waals surface area contributed by atoms with E-state index in [4.69, 9.17) is 11.6 Å². The molecule has 0 spiro atoms. The zero-order valence-electron chi connectivity index (χ0n) is 15.7. The molecule has 0 N–H and O–H groups in total. The molecular formula is C24H23ClN2. The second-order valence-corrected chi connectivity index (χ2v) is 7.68. The lowest BCUT2D eigenvalue weighted by Gasteiger charge is -2.25. The van der Waals surface area contributed by atoms with Crippen LogP contribution in [0, 0.1) is 6.92 Å². The van der Waals surface area contributed by atoms with Crippen molar-refractivity contribution < 1.29 is 0 Å². The molecule has 5 rings (SSSR count). The average molecular weight is 375 g/mol. The van der Waals surface area contributed by atoms with Crippen LogP contribution in [0.2, 0.25) is 5.02 Å². The van der Waals surface area contributed by atoms with Gasteiger partial charge >= 0.3 is 0 Å². The molecule has 136 valence electrons. The predicted octanol–water partition coefficient (Wildman–Crippen LogP) is 6.87. The Morgan fingerprint density at radius 2 is 1.67 bits per heavy atom. The van der Waals surface area contributed by atoms with Crippen LogP contribution >= 0.6 is 11.6 Å². The van der Waals surface area contributed by atoms with Crippen LogP contribution < -0.4 is 0 Å². The fourth-order valence-corrected chi connectivity index (χ4v) is 4.64. The molecular weight excluding hydrogens is 352 g/mol. The van der Waals surface area contributed by atoms with Crippen molar-refractivity contribution in [1.29, 1.82) is 0 Å². The topological polar surface area (TPSA) is 25.8 Å². The first-order chi connectivity index (χ1) is 13.2. The quantitative estimate of drug-likeness (QED) is 0.314. The van der Waals surface area contributed by atoms with Gasteiger partial charge in [0.2, 0.25) is 0 Å². The highest BCUT2D eigenvalue weighted by molar-refractivity contribution is 6.38. The summed E-state index contributed by atoms with van der Waals surface area (Å²) in [6, 6.07) is 13.3. The first kappa shape index (κ1) is 17.9. The molecule has 3 heteroatoms. The van der Waals surface area contributed by atoms with Crippen LogP contribution in [0.5, 0.6) is 0 Å². The Bertz CT molecular complexity index is 1060. The van der Waals surface area contributed by atoms with Gasteiger partial charge in [-0.05, 0) is 71.0 Å². The Hall–Kier alpha value is -2.45. The highest BCUT2D eigenvalue weighted by Gasteiger charge is 2.20. The van der Waals surface area contributed by atoms with Crippen molar-refractivity contribution in [1.82, 2.24) is 9.97 Å². The van der Waals surface area contributed by atoms with Crippen molar-refractivity contribution in [3.63, 3.8) is 0 Å². The third-order valence-electron chi connectivity index (χ3n) is 5.50. The van der Waals surface area contributed by atoms with Crippen molar-refractivity contribution in [2.75, 3.05) is 0 Å². The number of halogens is 1. The molecule has 0 radical (unpaired) electrons. The zero-order valence-corrected chi connectivity index (χ0v) is 16.5. The van der Waals surface area contributed by atoms with E-state index < -0.39 is 0 Å². The van der Waals surface area contributed by atoms with E-state index in [1.807, 2.05) is 0 Å². The summed E-state index contributed by atoms with van der Waals surface area (Å²) in [5.41, 5.74) is 4.30. The predicted molar refractivity (Wildman–Crippen MR) is 115 cm³/mol. The van der Waals surface area contributed by atoms with E-state index in [9.17, 15) is 0 Å². The molecule has 4 aromatic rings. The molecule has 0 aliphatic heterocycles. The van der Waals surface area contributed by atoms with Crippen LogP contribution in [0.15, 0.2) is 61.2 Å². The number of aromatic nitrogens is 2. The first-order valence-electron chi connectivity index (χ1n) is 9.50. The highest BCUT2D eigenvalue weighted by atomic mass is 35.5. The summed E-state index contributed by atoms with van der Waals surface area (Å²) >= 11 is 6.63. The summed E-state index contributed by atoms with van der Waals surface area (Å²) in [6.45, 7) is 4.49. The van der Waals surface area contributed by atoms with Gasteiger partial charge < -0.3 is 0 Å². The molecule has 3 aromatic carbocycles. The van der Waals surface area contributed by atoms with Crippen molar-refractivity contribution in [2.45, 2.75) is 39.0 Å². The van der Waals surface area contributed by atoms with Crippen molar-refractivity contribution >= 4 is 33.1 Å². The summed E-state index contributed by atoms with van der Waals surface area (Å²) in [4.78, 5) is 7.44. The van der Waals surface area contributed by atoms with Crippen LogP contribution in [0.1, 0.15) is 42.4 Å². The van der Waals surface area contributed by atoms with Gasteiger partial charge in [0.25, 0.3) is 0 Å². The molecule has 0 amide bonds. The first-order valence-corrected chi connectivity index (χ1v) is 9.88. The SMILES string of the molecule is Cc1cccc2c1c(Cl)cc1c3c(ccc12)CCCC3C.c1cnccn1. The fraction of sp³-hybridized carbons (Fsp3) is 0.250. The van der Waals surface area contributed by atoms with Gasteiger partial charge in [-0.1, -0.05) is 48.9 Å². The van der Waals surface area contributed by atoms with Gasteiger partial charge in [-0.3, -0.25) is 9.97 Å². The molecule has 1 unspecified atom stereocenters. The van der Waals surface area contributed by atoms with Crippen LogP contribution in [0.4, 0.5) is 0 Å². The minimum Gasteiger partial charge on any atom is -0.262 e. The monoisotopic (exact) mass is 374 g/mol. The minimum atomic E-state index is 0.635. The zero-order chi connectivity index (χ0) is 18.8. The van der Waals surface area contributed by atoms with Gasteiger partial charge in [-0.2, -0.15) is 0 Å². The second-order valence-electron chi connectivity index (χ2n) is 7.28. The molecule has 27 heavy (non-hydrogen) atoms. The maximum absolute atomic E-state index is 6.63. The Balaban J connectivity index is 0.000000257. The fourth-order valence-electron chi connectivity index (χ4n) is 4.28. The van der Waals surface area contributed by atoms with E-state index in [1.165, 1.54) is 57.5 Å². The van der Waals surface area contributed by atoms with Gasteiger partial charge in [-0.15, -0.1) is 0 Å². The molecule has 1 heterocycles. The standard InChI is InChI=1S/C20H19Cl.C4H4N2/c1-12-5-3-7-14-9-10-15-16-8-4-6-13(2)20(16)18(21)11-17(15)19(12)14;1-2-6-4-3-5-1/h4,6,8-12H,3,5,7H2,1-2H3;1-4H. The van der Waals surface area contributed by atoms with Gasteiger partial charge in [0, 0.05) is 35.2 Å². The third-order valence-corrected chi connectivity index (χ3v) is 5.80. The number of rotatable bonds is 0. The smallest absolute Gasteiger partial charge is 0.0493 e. The van der Waals surface area contributed by atoms with Crippen LogP contribution in [0.25, 0.3) is 21.5 Å². The van der Waals surface area contributed by atoms with Gasteiger partial charge in [-0.25, -0.2) is 0 Å². The van der Waals surface area contributed by atoms with E-state index in [-0.39, 0.29) is 0 Å². The van der Waals surface area contributed by atoms with Crippen molar-refractivity contribution in [3.05, 3.63) is 82.9 Å². The van der Waals surface area contributed by atoms with Gasteiger partial charge in [0.05, 0.1) is 0 Å². The molecule has 1 aromatic heterocycles.